The van der Waals surface area contributed by atoms with Crippen LogP contribution in [0, 0.1) is 0 Å². The van der Waals surface area contributed by atoms with Crippen molar-refractivity contribution in [3.8, 4) is 11.5 Å². The van der Waals surface area contributed by atoms with Crippen LogP contribution in [0.5, 0.6) is 11.5 Å². The molecule has 2 heterocycles. The van der Waals surface area contributed by atoms with Gasteiger partial charge in [-0.2, -0.15) is 10.1 Å². The number of amides is 2. The first-order valence-electron chi connectivity index (χ1n) is 8.99. The molecule has 1 atom stereocenters. The molecule has 9 heteroatoms. The predicted octanol–water partition coefficient (Wildman–Crippen LogP) is 2.24. The topological polar surface area (TPSA) is 107 Å². The van der Waals surface area contributed by atoms with Crippen LogP contribution in [0.15, 0.2) is 54.9 Å². The average Bonchev–Trinajstić information content (AvgIpc) is 3.20. The number of anilines is 2. The van der Waals surface area contributed by atoms with Crippen molar-refractivity contribution in [2.45, 2.75) is 12.5 Å². The molecule has 0 fully saturated rings. The molecule has 1 aliphatic rings. The van der Waals surface area contributed by atoms with Crippen molar-refractivity contribution in [3.63, 3.8) is 0 Å². The van der Waals surface area contributed by atoms with E-state index in [1.165, 1.54) is 13.4 Å². The quantitative estimate of drug-likeness (QED) is 0.665. The van der Waals surface area contributed by atoms with Crippen LogP contribution in [-0.4, -0.2) is 40.3 Å². The summed E-state index contributed by atoms with van der Waals surface area (Å²) < 4.78 is 12.7. The van der Waals surface area contributed by atoms with Gasteiger partial charge in [0.1, 0.15) is 6.33 Å². The summed E-state index contributed by atoms with van der Waals surface area (Å²) >= 11 is 0. The summed E-state index contributed by atoms with van der Waals surface area (Å²) in [6.07, 6.45) is 1.63. The maximum absolute atomic E-state index is 12.1. The van der Waals surface area contributed by atoms with E-state index in [2.05, 4.69) is 20.7 Å². The summed E-state index contributed by atoms with van der Waals surface area (Å²) in [5.41, 5.74) is 1.52. The number of fused-ring (bicyclic) bond motifs is 1. The zero-order valence-corrected chi connectivity index (χ0v) is 15.7. The molecule has 1 aromatic heterocycles. The third kappa shape index (κ3) is 4.03. The third-order valence-corrected chi connectivity index (χ3v) is 4.49. The van der Waals surface area contributed by atoms with Crippen LogP contribution in [0.3, 0.4) is 0 Å². The van der Waals surface area contributed by atoms with E-state index in [0.717, 1.165) is 5.56 Å². The van der Waals surface area contributed by atoms with Crippen molar-refractivity contribution < 1.29 is 19.1 Å². The van der Waals surface area contributed by atoms with Gasteiger partial charge in [-0.25, -0.2) is 4.68 Å². The lowest BCUT2D eigenvalue weighted by Crippen LogP contribution is -2.29. The molecule has 3 aromatic rings. The number of rotatable bonds is 6. The number of hydrogen-bond donors (Lipinski definition) is 2. The number of methoxy groups -OCH3 is 1. The summed E-state index contributed by atoms with van der Waals surface area (Å²) in [7, 11) is 1.52. The maximum Gasteiger partial charge on any atom is 0.262 e. The highest BCUT2D eigenvalue weighted by Crippen LogP contribution is 2.34. The monoisotopic (exact) mass is 393 g/mol. The van der Waals surface area contributed by atoms with Crippen LogP contribution < -0.4 is 20.1 Å². The molecule has 0 aliphatic carbocycles. The van der Waals surface area contributed by atoms with Gasteiger partial charge in [0, 0.05) is 5.69 Å². The van der Waals surface area contributed by atoms with Crippen molar-refractivity contribution in [1.82, 2.24) is 14.8 Å². The second-order valence-corrected chi connectivity index (χ2v) is 6.41. The van der Waals surface area contributed by atoms with Crippen LogP contribution in [0.4, 0.5) is 11.6 Å². The highest BCUT2D eigenvalue weighted by atomic mass is 16.5. The van der Waals surface area contributed by atoms with Gasteiger partial charge < -0.3 is 14.8 Å². The summed E-state index contributed by atoms with van der Waals surface area (Å²) in [5.74, 6) is 0.884. The van der Waals surface area contributed by atoms with E-state index in [-0.39, 0.29) is 30.9 Å². The molecule has 0 saturated carbocycles. The Morgan fingerprint density at radius 1 is 1.24 bits per heavy atom. The Balaban J connectivity index is 1.48. The van der Waals surface area contributed by atoms with Gasteiger partial charge in [-0.1, -0.05) is 24.3 Å². The van der Waals surface area contributed by atoms with Gasteiger partial charge in [0.25, 0.3) is 5.91 Å². The van der Waals surface area contributed by atoms with Gasteiger partial charge in [0.05, 0.1) is 19.6 Å². The summed E-state index contributed by atoms with van der Waals surface area (Å²) in [6.45, 7) is -0.163. The number of para-hydroxylation sites is 1. The summed E-state index contributed by atoms with van der Waals surface area (Å²) in [4.78, 5) is 28.1. The number of hydrogen-bond acceptors (Lipinski definition) is 6. The number of nitrogens with one attached hydrogen (secondary N) is 2. The molecule has 4 rings (SSSR count). The van der Waals surface area contributed by atoms with Gasteiger partial charge in [0.2, 0.25) is 11.9 Å². The van der Waals surface area contributed by atoms with Crippen LogP contribution >= 0.6 is 0 Å². The Morgan fingerprint density at radius 2 is 2.07 bits per heavy atom. The maximum atomic E-state index is 12.1. The van der Waals surface area contributed by atoms with Crippen LogP contribution in [0.2, 0.25) is 0 Å². The van der Waals surface area contributed by atoms with Gasteiger partial charge in [0.15, 0.2) is 18.1 Å². The van der Waals surface area contributed by atoms with Gasteiger partial charge in [-0.05, 0) is 29.8 Å². The number of carbonyl (C=O) groups excluding carboxylic acids is 2. The van der Waals surface area contributed by atoms with Gasteiger partial charge in [-0.15, -0.1) is 0 Å². The molecular weight excluding hydrogens is 374 g/mol. The lowest BCUT2D eigenvalue weighted by atomic mass is 10.0. The van der Waals surface area contributed by atoms with Gasteiger partial charge >= 0.3 is 0 Å². The van der Waals surface area contributed by atoms with Crippen molar-refractivity contribution in [3.05, 3.63) is 60.4 Å². The normalized spacial score (nSPS) is 15.2. The van der Waals surface area contributed by atoms with E-state index in [0.29, 0.717) is 23.1 Å². The van der Waals surface area contributed by atoms with Crippen LogP contribution in [-0.2, 0) is 9.59 Å². The molecule has 1 aliphatic heterocycles. The van der Waals surface area contributed by atoms with Crippen molar-refractivity contribution >= 4 is 23.5 Å². The lowest BCUT2D eigenvalue weighted by Gasteiger charge is -2.24. The first-order chi connectivity index (χ1) is 14.1. The zero-order valence-electron chi connectivity index (χ0n) is 15.7. The largest absolute Gasteiger partial charge is 0.493 e. The number of nitrogens with zero attached hydrogens (tertiary/aromatic N) is 3. The Kier molecular flexibility index (Phi) is 5.10. The summed E-state index contributed by atoms with van der Waals surface area (Å²) in [6, 6.07) is 14.2. The van der Waals surface area contributed by atoms with E-state index < -0.39 is 0 Å². The molecule has 148 valence electrons. The minimum Gasteiger partial charge on any atom is -0.493 e. The molecule has 2 amide bonds. The van der Waals surface area contributed by atoms with Crippen molar-refractivity contribution in [1.29, 1.82) is 0 Å². The Morgan fingerprint density at radius 3 is 2.86 bits per heavy atom. The van der Waals surface area contributed by atoms with E-state index >= 15 is 0 Å². The highest BCUT2D eigenvalue weighted by Gasteiger charge is 2.28. The molecule has 2 N–H and O–H groups in total. The smallest absolute Gasteiger partial charge is 0.262 e. The second-order valence-electron chi connectivity index (χ2n) is 6.41. The van der Waals surface area contributed by atoms with Crippen LogP contribution in [0.25, 0.3) is 0 Å². The average molecular weight is 393 g/mol. The zero-order chi connectivity index (χ0) is 20.2. The Hall–Kier alpha value is -3.88. The number of aromatic nitrogens is 3. The lowest BCUT2D eigenvalue weighted by molar-refractivity contribution is -0.118. The van der Waals surface area contributed by atoms with E-state index in [9.17, 15) is 9.59 Å². The minimum absolute atomic E-state index is 0.132. The molecule has 0 saturated heterocycles. The fraction of sp³-hybridized carbons (Fsp3) is 0.200. The van der Waals surface area contributed by atoms with Gasteiger partial charge in [-0.3, -0.25) is 14.9 Å². The molecule has 0 bridgehead atoms. The molecular formula is C20H19N5O4. The molecule has 29 heavy (non-hydrogen) atoms. The number of carbonyl (C=O) groups is 2. The molecule has 9 nitrogen and oxygen atoms in total. The minimum atomic E-state index is -0.300. The molecule has 0 unspecified atom stereocenters. The SMILES string of the molecule is COc1cc([C@H]2CC(=O)Nc3ncnn32)ccc1OCC(=O)Nc1ccccc1. The van der Waals surface area contributed by atoms with Crippen LogP contribution in [0.1, 0.15) is 18.0 Å². The first-order valence-corrected chi connectivity index (χ1v) is 8.99. The Labute approximate surface area is 166 Å². The van der Waals surface area contributed by atoms with E-state index in [4.69, 9.17) is 9.47 Å². The van der Waals surface area contributed by atoms with Crippen molar-refractivity contribution in [2.75, 3.05) is 24.4 Å². The second kappa shape index (κ2) is 8.01. The first kappa shape index (κ1) is 18.5. The standard InChI is InChI=1S/C20H19N5O4/c1-28-17-9-13(15-10-18(26)24-20-21-12-22-25(15)20)7-8-16(17)29-11-19(27)23-14-5-3-2-4-6-14/h2-9,12,15H,10-11H2,1H3,(H,23,27)(H,21,22,24,26)/t15-/m1/s1. The molecule has 2 aromatic carbocycles. The number of ether oxygens (including phenoxy) is 2. The third-order valence-electron chi connectivity index (χ3n) is 4.49. The number of benzene rings is 2. The van der Waals surface area contributed by atoms with E-state index in [1.54, 1.807) is 28.9 Å². The fourth-order valence-electron chi connectivity index (χ4n) is 3.14. The van der Waals surface area contributed by atoms with Crippen molar-refractivity contribution in [2.24, 2.45) is 0 Å². The molecule has 0 spiro atoms. The predicted molar refractivity (Wildman–Crippen MR) is 105 cm³/mol. The van der Waals surface area contributed by atoms with E-state index in [1.807, 2.05) is 24.3 Å². The summed E-state index contributed by atoms with van der Waals surface area (Å²) in [5, 5.41) is 9.63. The fourth-order valence-corrected chi connectivity index (χ4v) is 3.14. The molecule has 0 radical (unpaired) electrons. The highest BCUT2D eigenvalue weighted by molar-refractivity contribution is 5.92. The Bertz CT molecular complexity index is 1030.